The molecule has 0 radical (unpaired) electrons. The minimum absolute atomic E-state index is 0.0643. The van der Waals surface area contributed by atoms with Crippen molar-refractivity contribution in [3.05, 3.63) is 53.9 Å². The molecule has 0 amide bonds. The summed E-state index contributed by atoms with van der Waals surface area (Å²) >= 11 is 0. The molecule has 15 heavy (non-hydrogen) atoms. The van der Waals surface area contributed by atoms with Crippen LogP contribution in [0.15, 0.2) is 36.7 Å². The van der Waals surface area contributed by atoms with Gasteiger partial charge in [0.2, 0.25) is 0 Å². The van der Waals surface area contributed by atoms with Gasteiger partial charge >= 0.3 is 0 Å². The molecule has 1 aromatic heterocycles. The van der Waals surface area contributed by atoms with Crippen LogP contribution in [0.1, 0.15) is 17.4 Å². The van der Waals surface area contributed by atoms with Gasteiger partial charge in [-0.2, -0.15) is 0 Å². The van der Waals surface area contributed by atoms with Crippen LogP contribution in [0.2, 0.25) is 0 Å². The maximum Gasteiger partial charge on any atom is 0.172 e. The van der Waals surface area contributed by atoms with Crippen molar-refractivity contribution in [2.24, 2.45) is 7.05 Å². The molecular weight excluding hydrogens is 193 g/mol. The molecule has 1 aromatic carbocycles. The lowest BCUT2D eigenvalue weighted by atomic mass is 10.1. The van der Waals surface area contributed by atoms with Crippen LogP contribution in [0, 0.1) is 5.82 Å². The first-order chi connectivity index (χ1) is 7.18. The van der Waals surface area contributed by atoms with Crippen molar-refractivity contribution in [3.8, 4) is 0 Å². The standard InChI is InChI=1S/C11H12FN3/c1-15-7-6-14-11(15)10(13)8-2-4-9(12)5-3-8/h2-7,10H,13H2,1H3/p+1/t10-/m0/s1. The molecule has 0 spiro atoms. The Balaban J connectivity index is 2.32. The minimum atomic E-state index is -0.231. The summed E-state index contributed by atoms with van der Waals surface area (Å²) in [6.07, 6.45) is 3.61. The lowest BCUT2D eigenvalue weighted by molar-refractivity contribution is -0.414. The van der Waals surface area contributed by atoms with E-state index in [0.717, 1.165) is 11.4 Å². The third-order valence-electron chi connectivity index (χ3n) is 2.44. The smallest absolute Gasteiger partial charge is 0.172 e. The summed E-state index contributed by atoms with van der Waals surface area (Å²) in [5, 5.41) is 0. The molecule has 3 N–H and O–H groups in total. The molecule has 1 atom stereocenters. The highest BCUT2D eigenvalue weighted by molar-refractivity contribution is 5.23. The van der Waals surface area contributed by atoms with Gasteiger partial charge in [0.1, 0.15) is 5.82 Å². The average molecular weight is 206 g/mol. The number of nitrogens with zero attached hydrogens (tertiary/aromatic N) is 2. The zero-order valence-electron chi connectivity index (χ0n) is 8.52. The van der Waals surface area contributed by atoms with Crippen molar-refractivity contribution < 1.29 is 10.1 Å². The molecule has 2 aromatic rings. The van der Waals surface area contributed by atoms with E-state index >= 15 is 0 Å². The predicted molar refractivity (Wildman–Crippen MR) is 54.3 cm³/mol. The van der Waals surface area contributed by atoms with Gasteiger partial charge in [-0.3, -0.25) is 0 Å². The molecule has 78 valence electrons. The summed E-state index contributed by atoms with van der Waals surface area (Å²) in [5.41, 5.74) is 5.00. The van der Waals surface area contributed by atoms with Crippen LogP contribution >= 0.6 is 0 Å². The molecule has 0 aliphatic rings. The lowest BCUT2D eigenvalue weighted by Gasteiger charge is -2.08. The van der Waals surface area contributed by atoms with Crippen molar-refractivity contribution in [1.29, 1.82) is 0 Å². The van der Waals surface area contributed by atoms with E-state index in [1.54, 1.807) is 18.3 Å². The van der Waals surface area contributed by atoms with Crippen LogP contribution in [0.5, 0.6) is 0 Å². The van der Waals surface area contributed by atoms with Gasteiger partial charge in [0.05, 0.1) is 0 Å². The number of hydrogen-bond acceptors (Lipinski definition) is 1. The second-order valence-electron chi connectivity index (χ2n) is 3.50. The zero-order chi connectivity index (χ0) is 10.8. The van der Waals surface area contributed by atoms with E-state index in [4.69, 9.17) is 0 Å². The third-order valence-corrected chi connectivity index (χ3v) is 2.44. The van der Waals surface area contributed by atoms with E-state index in [0.29, 0.717) is 0 Å². The fraction of sp³-hybridized carbons (Fsp3) is 0.182. The second kappa shape index (κ2) is 3.82. The van der Waals surface area contributed by atoms with Crippen molar-refractivity contribution in [3.63, 3.8) is 0 Å². The van der Waals surface area contributed by atoms with E-state index in [-0.39, 0.29) is 11.9 Å². The first-order valence-corrected chi connectivity index (χ1v) is 4.74. The first-order valence-electron chi connectivity index (χ1n) is 4.74. The van der Waals surface area contributed by atoms with Gasteiger partial charge < -0.3 is 10.3 Å². The number of benzene rings is 1. The summed E-state index contributed by atoms with van der Waals surface area (Å²) in [7, 11) is 1.92. The van der Waals surface area contributed by atoms with Crippen LogP contribution in [0.4, 0.5) is 4.39 Å². The molecule has 1 heterocycles. The summed E-state index contributed by atoms with van der Waals surface area (Å²) in [5.74, 6) is 0.646. The molecule has 0 saturated heterocycles. The number of halogens is 1. The Morgan fingerprint density at radius 2 is 2.00 bits per heavy atom. The fourth-order valence-electron chi connectivity index (χ4n) is 1.56. The van der Waals surface area contributed by atoms with Crippen LogP contribution in [0.25, 0.3) is 0 Å². The molecule has 0 aliphatic heterocycles. The highest BCUT2D eigenvalue weighted by atomic mass is 19.1. The topological polar surface area (TPSA) is 45.5 Å². The Labute approximate surface area is 87.4 Å². The van der Waals surface area contributed by atoms with Gasteiger partial charge in [-0.15, -0.1) is 0 Å². The number of hydrogen-bond donors (Lipinski definition) is 1. The molecule has 0 aliphatic carbocycles. The molecule has 2 rings (SSSR count). The molecule has 0 saturated carbocycles. The quantitative estimate of drug-likeness (QED) is 0.779. The highest BCUT2D eigenvalue weighted by Gasteiger charge is 2.16. The van der Waals surface area contributed by atoms with E-state index in [9.17, 15) is 4.39 Å². The number of imidazole rings is 1. The zero-order valence-corrected chi connectivity index (χ0v) is 8.52. The Hall–Kier alpha value is -1.68. The molecule has 0 unspecified atom stereocenters. The SMILES string of the molecule is Cn1ccnc1[C@@H]([NH3+])c1ccc(F)cc1. The van der Waals surface area contributed by atoms with Crippen molar-refractivity contribution in [2.75, 3.05) is 0 Å². The largest absolute Gasteiger partial charge is 0.345 e. The van der Waals surface area contributed by atoms with Gasteiger partial charge in [-0.1, -0.05) is 0 Å². The number of rotatable bonds is 2. The third kappa shape index (κ3) is 1.89. The monoisotopic (exact) mass is 206 g/mol. The Morgan fingerprint density at radius 3 is 2.53 bits per heavy atom. The van der Waals surface area contributed by atoms with E-state index in [1.165, 1.54) is 12.1 Å². The van der Waals surface area contributed by atoms with Gasteiger partial charge in [0.15, 0.2) is 11.9 Å². The van der Waals surface area contributed by atoms with Gasteiger partial charge in [0, 0.05) is 25.0 Å². The first kappa shape index (κ1) is 9.86. The Kier molecular flexibility index (Phi) is 2.51. The van der Waals surface area contributed by atoms with Crippen molar-refractivity contribution in [2.45, 2.75) is 6.04 Å². The van der Waals surface area contributed by atoms with Crippen molar-refractivity contribution in [1.82, 2.24) is 9.55 Å². The normalized spacial score (nSPS) is 12.7. The van der Waals surface area contributed by atoms with Crippen LogP contribution < -0.4 is 5.73 Å². The number of aryl methyl sites for hydroxylation is 1. The van der Waals surface area contributed by atoms with Crippen LogP contribution in [-0.4, -0.2) is 9.55 Å². The number of aromatic nitrogens is 2. The molecular formula is C11H13FN3+. The molecule has 4 heteroatoms. The van der Waals surface area contributed by atoms with Crippen LogP contribution in [-0.2, 0) is 7.05 Å². The van der Waals surface area contributed by atoms with E-state index in [2.05, 4.69) is 10.7 Å². The highest BCUT2D eigenvalue weighted by Crippen LogP contribution is 2.15. The second-order valence-corrected chi connectivity index (χ2v) is 3.50. The Morgan fingerprint density at radius 1 is 1.33 bits per heavy atom. The summed E-state index contributed by atoms with van der Waals surface area (Å²) in [6, 6.07) is 6.29. The molecule has 3 nitrogen and oxygen atoms in total. The predicted octanol–water partition coefficient (Wildman–Crippen LogP) is 0.890. The average Bonchev–Trinajstić information content (AvgIpc) is 2.65. The van der Waals surface area contributed by atoms with E-state index in [1.807, 2.05) is 17.8 Å². The molecule has 0 fully saturated rings. The van der Waals surface area contributed by atoms with Gasteiger partial charge in [-0.25, -0.2) is 9.37 Å². The molecule has 0 bridgehead atoms. The summed E-state index contributed by atoms with van der Waals surface area (Å²) in [4.78, 5) is 4.22. The maximum atomic E-state index is 12.7. The fourth-order valence-corrected chi connectivity index (χ4v) is 1.56. The van der Waals surface area contributed by atoms with Gasteiger partial charge in [0.25, 0.3) is 0 Å². The lowest BCUT2D eigenvalue weighted by Crippen LogP contribution is -2.55. The summed E-state index contributed by atoms with van der Waals surface area (Å²) in [6.45, 7) is 0. The van der Waals surface area contributed by atoms with Crippen LogP contribution in [0.3, 0.4) is 0 Å². The van der Waals surface area contributed by atoms with E-state index < -0.39 is 0 Å². The number of quaternary nitrogens is 1. The minimum Gasteiger partial charge on any atom is -0.345 e. The van der Waals surface area contributed by atoms with Crippen molar-refractivity contribution >= 4 is 0 Å². The summed E-state index contributed by atoms with van der Waals surface area (Å²) < 4.78 is 14.6. The maximum absolute atomic E-state index is 12.7. The van der Waals surface area contributed by atoms with Gasteiger partial charge in [-0.05, 0) is 24.3 Å². The Bertz CT molecular complexity index is 447.